The lowest BCUT2D eigenvalue weighted by Crippen LogP contribution is -2.33. The quantitative estimate of drug-likeness (QED) is 0.537. The van der Waals surface area contributed by atoms with Crippen LogP contribution in [0.1, 0.15) is 32.0 Å². The number of anilines is 1. The summed E-state index contributed by atoms with van der Waals surface area (Å²) in [7, 11) is -2.00. The van der Waals surface area contributed by atoms with E-state index in [2.05, 4.69) is 29.4 Å². The molecule has 1 heterocycles. The highest BCUT2D eigenvalue weighted by molar-refractivity contribution is 7.89. The molecule has 0 radical (unpaired) electrons. The number of hydrogen-bond donors (Lipinski definition) is 1. The summed E-state index contributed by atoms with van der Waals surface area (Å²) in [5.74, 6) is -0.201. The summed E-state index contributed by atoms with van der Waals surface area (Å²) in [6.45, 7) is 5.75. The van der Waals surface area contributed by atoms with Crippen LogP contribution >= 0.6 is 11.3 Å². The van der Waals surface area contributed by atoms with Gasteiger partial charge in [-0.15, -0.1) is 11.3 Å². The number of thiazole rings is 1. The summed E-state index contributed by atoms with van der Waals surface area (Å²) in [5, 5.41) is 5.57. The van der Waals surface area contributed by atoms with Crippen molar-refractivity contribution in [3.05, 3.63) is 65.2 Å². The smallest absolute Gasteiger partial charge is 0.243 e. The molecule has 1 amide bonds. The molecule has 0 saturated heterocycles. The van der Waals surface area contributed by atoms with Crippen molar-refractivity contribution in [2.45, 2.75) is 44.6 Å². The van der Waals surface area contributed by atoms with Crippen molar-refractivity contribution in [1.82, 2.24) is 9.29 Å². The van der Waals surface area contributed by atoms with Crippen LogP contribution in [0.4, 0.5) is 5.69 Å². The monoisotopic (exact) mass is 457 g/mol. The molecule has 8 heteroatoms. The van der Waals surface area contributed by atoms with Gasteiger partial charge in [-0.2, -0.15) is 4.31 Å². The van der Waals surface area contributed by atoms with Gasteiger partial charge in [0.05, 0.1) is 17.0 Å². The van der Waals surface area contributed by atoms with Crippen molar-refractivity contribution < 1.29 is 13.2 Å². The van der Waals surface area contributed by atoms with Crippen LogP contribution < -0.4 is 5.32 Å². The summed E-state index contributed by atoms with van der Waals surface area (Å²) in [6, 6.07) is 14.3. The highest BCUT2D eigenvalue weighted by Crippen LogP contribution is 2.25. The summed E-state index contributed by atoms with van der Waals surface area (Å²) in [5.41, 5.74) is 3.56. The van der Waals surface area contributed by atoms with E-state index in [9.17, 15) is 13.2 Å². The van der Waals surface area contributed by atoms with Gasteiger partial charge in [0, 0.05) is 29.7 Å². The van der Waals surface area contributed by atoms with Gasteiger partial charge in [0.15, 0.2) is 0 Å². The molecule has 0 bridgehead atoms. The molecular formula is C23H27N3O3S2. The summed E-state index contributed by atoms with van der Waals surface area (Å²) >= 11 is 1.51. The predicted octanol–water partition coefficient (Wildman–Crippen LogP) is 4.58. The Morgan fingerprint density at radius 3 is 2.32 bits per heavy atom. The van der Waals surface area contributed by atoms with E-state index in [0.717, 1.165) is 17.0 Å². The number of amides is 1. The largest absolute Gasteiger partial charge is 0.326 e. The molecule has 3 rings (SSSR count). The molecule has 0 aliphatic rings. The first-order valence-electron chi connectivity index (χ1n) is 10.1. The number of nitrogens with zero attached hydrogens (tertiary/aromatic N) is 2. The lowest BCUT2D eigenvalue weighted by atomic mass is 10.1. The Morgan fingerprint density at radius 2 is 1.74 bits per heavy atom. The second-order valence-corrected chi connectivity index (χ2v) is 10.4. The van der Waals surface area contributed by atoms with Crippen molar-refractivity contribution in [2.24, 2.45) is 0 Å². The van der Waals surface area contributed by atoms with E-state index < -0.39 is 10.0 Å². The van der Waals surface area contributed by atoms with Crippen LogP contribution in [-0.2, 0) is 27.7 Å². The topological polar surface area (TPSA) is 79.4 Å². The molecular weight excluding hydrogens is 430 g/mol. The normalized spacial score (nSPS) is 11.8. The lowest BCUT2D eigenvalue weighted by Gasteiger charge is -2.21. The van der Waals surface area contributed by atoms with E-state index in [0.29, 0.717) is 11.4 Å². The van der Waals surface area contributed by atoms with E-state index in [1.165, 1.54) is 33.3 Å². The van der Waals surface area contributed by atoms with Crippen LogP contribution in [-0.4, -0.2) is 36.7 Å². The molecule has 164 valence electrons. The molecule has 2 aromatic carbocycles. The van der Waals surface area contributed by atoms with Crippen molar-refractivity contribution in [2.75, 3.05) is 12.4 Å². The second-order valence-electron chi connectivity index (χ2n) is 7.56. The van der Waals surface area contributed by atoms with Gasteiger partial charge in [0.1, 0.15) is 5.01 Å². The fourth-order valence-corrected chi connectivity index (χ4v) is 5.12. The SMILES string of the molecule is CCc1ccc(-c2nc(CC(=O)Nc3ccc(S(=O)(=O)N(C)C(C)C)cc3)cs2)cc1. The Balaban J connectivity index is 1.63. The number of carbonyl (C=O) groups excluding carboxylic acids is 1. The highest BCUT2D eigenvalue weighted by atomic mass is 32.2. The summed E-state index contributed by atoms with van der Waals surface area (Å²) < 4.78 is 26.4. The molecule has 0 aliphatic carbocycles. The lowest BCUT2D eigenvalue weighted by molar-refractivity contribution is -0.115. The third-order valence-electron chi connectivity index (χ3n) is 5.04. The number of hydrogen-bond acceptors (Lipinski definition) is 5. The molecule has 31 heavy (non-hydrogen) atoms. The van der Waals surface area contributed by atoms with E-state index in [-0.39, 0.29) is 23.3 Å². The molecule has 0 fully saturated rings. The van der Waals surface area contributed by atoms with Crippen molar-refractivity contribution in [3.63, 3.8) is 0 Å². The third kappa shape index (κ3) is 5.58. The fraction of sp³-hybridized carbons (Fsp3) is 0.304. The minimum absolute atomic E-state index is 0.142. The molecule has 0 unspecified atom stereocenters. The van der Waals surface area contributed by atoms with Gasteiger partial charge in [-0.3, -0.25) is 4.79 Å². The van der Waals surface area contributed by atoms with Gasteiger partial charge in [-0.25, -0.2) is 13.4 Å². The van der Waals surface area contributed by atoms with Gasteiger partial charge in [-0.1, -0.05) is 31.2 Å². The minimum atomic E-state index is -3.55. The highest BCUT2D eigenvalue weighted by Gasteiger charge is 2.22. The number of sulfonamides is 1. The van der Waals surface area contributed by atoms with Crippen LogP contribution in [0.25, 0.3) is 10.6 Å². The van der Waals surface area contributed by atoms with Gasteiger partial charge in [-0.05, 0) is 50.1 Å². The molecule has 6 nitrogen and oxygen atoms in total. The molecule has 1 aromatic heterocycles. The number of rotatable bonds is 8. The van der Waals surface area contributed by atoms with E-state index >= 15 is 0 Å². The van der Waals surface area contributed by atoms with E-state index in [1.54, 1.807) is 19.2 Å². The van der Waals surface area contributed by atoms with Crippen molar-refractivity contribution >= 4 is 33.0 Å². The van der Waals surface area contributed by atoms with E-state index in [4.69, 9.17) is 0 Å². The molecule has 0 saturated carbocycles. The first-order valence-corrected chi connectivity index (χ1v) is 12.4. The second kappa shape index (κ2) is 9.72. The van der Waals surface area contributed by atoms with Crippen molar-refractivity contribution in [1.29, 1.82) is 0 Å². The van der Waals surface area contributed by atoms with Crippen LogP contribution in [0.5, 0.6) is 0 Å². The van der Waals surface area contributed by atoms with Gasteiger partial charge in [0.2, 0.25) is 15.9 Å². The van der Waals surface area contributed by atoms with Gasteiger partial charge in [0.25, 0.3) is 0 Å². The predicted molar refractivity (Wildman–Crippen MR) is 126 cm³/mol. The molecule has 0 spiro atoms. The summed E-state index contributed by atoms with van der Waals surface area (Å²) in [6.07, 6.45) is 1.14. The zero-order valence-corrected chi connectivity index (χ0v) is 19.8. The Labute approximate surface area is 188 Å². The standard InChI is InChI=1S/C23H27N3O3S2/c1-5-17-6-8-18(9-7-17)23-25-20(15-30-23)14-22(27)24-19-10-12-21(13-11-19)31(28,29)26(4)16(2)3/h6-13,15-16H,5,14H2,1-4H3,(H,24,27). The maximum Gasteiger partial charge on any atom is 0.243 e. The molecule has 3 aromatic rings. The van der Waals surface area contributed by atoms with Crippen LogP contribution in [0.2, 0.25) is 0 Å². The van der Waals surface area contributed by atoms with Crippen molar-refractivity contribution in [3.8, 4) is 10.6 Å². The van der Waals surface area contributed by atoms with Gasteiger partial charge >= 0.3 is 0 Å². The minimum Gasteiger partial charge on any atom is -0.326 e. The Morgan fingerprint density at radius 1 is 1.10 bits per heavy atom. The number of benzene rings is 2. The zero-order chi connectivity index (χ0) is 22.6. The average molecular weight is 458 g/mol. The molecule has 0 aliphatic heterocycles. The van der Waals surface area contributed by atoms with Crippen LogP contribution in [0.3, 0.4) is 0 Å². The Kier molecular flexibility index (Phi) is 7.25. The zero-order valence-electron chi connectivity index (χ0n) is 18.1. The maximum atomic E-state index is 12.5. The summed E-state index contributed by atoms with van der Waals surface area (Å²) in [4.78, 5) is 17.2. The number of aromatic nitrogens is 1. The number of carbonyl (C=O) groups is 1. The maximum absolute atomic E-state index is 12.5. The number of nitrogens with one attached hydrogen (secondary N) is 1. The molecule has 1 N–H and O–H groups in total. The van der Waals surface area contributed by atoms with Crippen LogP contribution in [0, 0.1) is 0 Å². The number of aryl methyl sites for hydroxylation is 1. The fourth-order valence-electron chi connectivity index (χ4n) is 2.93. The average Bonchev–Trinajstić information content (AvgIpc) is 3.21. The van der Waals surface area contributed by atoms with Crippen LogP contribution in [0.15, 0.2) is 58.8 Å². The van der Waals surface area contributed by atoms with Gasteiger partial charge < -0.3 is 5.32 Å². The molecule has 0 atom stereocenters. The first kappa shape index (κ1) is 23.1. The Hall–Kier alpha value is -2.55. The first-order chi connectivity index (χ1) is 14.7. The Bertz CT molecular complexity index is 1140. The van der Waals surface area contributed by atoms with E-state index in [1.807, 2.05) is 31.4 Å². The third-order valence-corrected chi connectivity index (χ3v) is 8.03.